The van der Waals surface area contributed by atoms with Crippen LogP contribution in [0.15, 0.2) is 30.7 Å². The predicted octanol–water partition coefficient (Wildman–Crippen LogP) is 1.48. The molecule has 2 aromatic rings. The summed E-state index contributed by atoms with van der Waals surface area (Å²) in [7, 11) is 0. The molecule has 0 amide bonds. The summed E-state index contributed by atoms with van der Waals surface area (Å²) in [6.45, 7) is 0. The van der Waals surface area contributed by atoms with Gasteiger partial charge >= 0.3 is 0 Å². The first-order valence-electron chi connectivity index (χ1n) is 3.34. The van der Waals surface area contributed by atoms with Gasteiger partial charge in [0.1, 0.15) is 5.82 Å². The van der Waals surface area contributed by atoms with Gasteiger partial charge in [-0.25, -0.2) is 0 Å². The topological polar surface area (TPSA) is 56.5 Å². The lowest BCUT2D eigenvalue weighted by molar-refractivity contribution is 1.09. The van der Waals surface area contributed by atoms with E-state index in [2.05, 4.69) is 20.5 Å². The highest BCUT2D eigenvalue weighted by atomic mass is 15.1. The van der Waals surface area contributed by atoms with Crippen LogP contribution in [0.25, 0.3) is 0 Å². The monoisotopic (exact) mass is 148 g/mol. The Balaban J connectivity index is 2.14. The third-order valence-corrected chi connectivity index (χ3v) is 1.38. The number of H-pyrrole nitrogens is 2. The maximum absolute atomic E-state index is 3.80. The molecule has 0 aliphatic heterocycles. The van der Waals surface area contributed by atoms with Crippen LogP contribution in [-0.2, 0) is 0 Å². The van der Waals surface area contributed by atoms with Gasteiger partial charge in [-0.1, -0.05) is 0 Å². The van der Waals surface area contributed by atoms with Crippen LogP contribution in [0, 0.1) is 0 Å². The van der Waals surface area contributed by atoms with Gasteiger partial charge in [0.05, 0.1) is 11.9 Å². The molecule has 56 valence electrons. The first-order chi connectivity index (χ1) is 5.45. The maximum atomic E-state index is 3.80. The predicted molar refractivity (Wildman–Crippen MR) is 42.7 cm³/mol. The average molecular weight is 148 g/mol. The molecule has 4 nitrogen and oxygen atoms in total. The average Bonchev–Trinajstić information content (AvgIpc) is 2.60. The molecule has 0 fully saturated rings. The minimum absolute atomic E-state index is 0.951. The van der Waals surface area contributed by atoms with Crippen molar-refractivity contribution in [3.63, 3.8) is 0 Å². The lowest BCUT2D eigenvalue weighted by Gasteiger charge is -1.96. The second-order valence-electron chi connectivity index (χ2n) is 2.20. The Kier molecular flexibility index (Phi) is 1.37. The van der Waals surface area contributed by atoms with Gasteiger partial charge in [-0.05, 0) is 12.1 Å². The SMILES string of the molecule is c1c[nH]c(Nc2cn[nH]c2)c1. The van der Waals surface area contributed by atoms with Crippen molar-refractivity contribution in [2.24, 2.45) is 0 Å². The lowest BCUT2D eigenvalue weighted by atomic mass is 10.5. The summed E-state index contributed by atoms with van der Waals surface area (Å²) in [5.41, 5.74) is 0.951. The van der Waals surface area contributed by atoms with Crippen LogP contribution in [0.2, 0.25) is 0 Å². The molecule has 0 aliphatic carbocycles. The van der Waals surface area contributed by atoms with Crippen molar-refractivity contribution in [2.75, 3.05) is 5.32 Å². The third-order valence-electron chi connectivity index (χ3n) is 1.38. The van der Waals surface area contributed by atoms with Crippen LogP contribution in [0.1, 0.15) is 0 Å². The molecule has 0 atom stereocenters. The Morgan fingerprint density at radius 2 is 2.45 bits per heavy atom. The van der Waals surface area contributed by atoms with E-state index in [4.69, 9.17) is 0 Å². The fourth-order valence-electron chi connectivity index (χ4n) is 0.883. The van der Waals surface area contributed by atoms with Gasteiger partial charge in [-0.15, -0.1) is 0 Å². The first kappa shape index (κ1) is 6.03. The minimum Gasteiger partial charge on any atom is -0.348 e. The standard InChI is InChI=1S/C7H8N4/c1-2-7(8-3-1)11-6-4-9-10-5-6/h1-5,8,11H,(H,9,10). The van der Waals surface area contributed by atoms with Crippen LogP contribution < -0.4 is 5.32 Å². The zero-order valence-electron chi connectivity index (χ0n) is 5.83. The number of anilines is 2. The number of rotatable bonds is 2. The third kappa shape index (κ3) is 1.24. The highest BCUT2D eigenvalue weighted by Gasteiger charge is 1.92. The maximum Gasteiger partial charge on any atom is 0.107 e. The van der Waals surface area contributed by atoms with Crippen LogP contribution >= 0.6 is 0 Å². The summed E-state index contributed by atoms with van der Waals surface area (Å²) in [6.07, 6.45) is 5.38. The smallest absolute Gasteiger partial charge is 0.107 e. The largest absolute Gasteiger partial charge is 0.348 e. The molecule has 2 aromatic heterocycles. The van der Waals surface area contributed by atoms with E-state index < -0.39 is 0 Å². The first-order valence-corrected chi connectivity index (χ1v) is 3.34. The lowest BCUT2D eigenvalue weighted by Crippen LogP contribution is -1.86. The van der Waals surface area contributed by atoms with Crippen molar-refractivity contribution in [1.82, 2.24) is 15.2 Å². The van der Waals surface area contributed by atoms with Crippen LogP contribution in [-0.4, -0.2) is 15.2 Å². The molecule has 0 saturated heterocycles. The highest BCUT2D eigenvalue weighted by Crippen LogP contribution is 2.10. The summed E-state index contributed by atoms with van der Waals surface area (Å²) >= 11 is 0. The van der Waals surface area contributed by atoms with Crippen LogP contribution in [0.4, 0.5) is 11.5 Å². The second kappa shape index (κ2) is 2.49. The molecule has 0 bridgehead atoms. The van der Waals surface area contributed by atoms with E-state index in [1.807, 2.05) is 18.3 Å². The number of hydrogen-bond acceptors (Lipinski definition) is 2. The molecule has 0 unspecified atom stereocenters. The molecule has 11 heavy (non-hydrogen) atoms. The number of nitrogens with one attached hydrogen (secondary N) is 3. The molecule has 2 heterocycles. The zero-order valence-corrected chi connectivity index (χ0v) is 5.83. The summed E-state index contributed by atoms with van der Waals surface area (Å²) < 4.78 is 0. The van der Waals surface area contributed by atoms with E-state index in [0.29, 0.717) is 0 Å². The van der Waals surface area contributed by atoms with E-state index in [1.54, 1.807) is 12.4 Å². The fraction of sp³-hybridized carbons (Fsp3) is 0. The fourth-order valence-corrected chi connectivity index (χ4v) is 0.883. The number of aromatic amines is 2. The van der Waals surface area contributed by atoms with Gasteiger partial charge < -0.3 is 10.3 Å². The molecule has 0 saturated carbocycles. The van der Waals surface area contributed by atoms with Crippen LogP contribution in [0.5, 0.6) is 0 Å². The van der Waals surface area contributed by atoms with E-state index in [0.717, 1.165) is 11.5 Å². The van der Waals surface area contributed by atoms with Crippen LogP contribution in [0.3, 0.4) is 0 Å². The molecule has 3 N–H and O–H groups in total. The molecular formula is C7H8N4. The van der Waals surface area contributed by atoms with Gasteiger partial charge in [0.25, 0.3) is 0 Å². The van der Waals surface area contributed by atoms with Crippen molar-refractivity contribution in [1.29, 1.82) is 0 Å². The van der Waals surface area contributed by atoms with Gasteiger partial charge in [-0.3, -0.25) is 5.10 Å². The molecule has 0 spiro atoms. The van der Waals surface area contributed by atoms with Crippen molar-refractivity contribution < 1.29 is 0 Å². The molecule has 2 rings (SSSR count). The Morgan fingerprint density at radius 1 is 1.45 bits per heavy atom. The summed E-state index contributed by atoms with van der Waals surface area (Å²) in [5, 5.41) is 9.63. The van der Waals surface area contributed by atoms with E-state index in [9.17, 15) is 0 Å². The van der Waals surface area contributed by atoms with Gasteiger partial charge in [0.15, 0.2) is 0 Å². The number of aromatic nitrogens is 3. The van der Waals surface area contributed by atoms with Crippen molar-refractivity contribution in [3.05, 3.63) is 30.7 Å². The van der Waals surface area contributed by atoms with Gasteiger partial charge in [-0.2, -0.15) is 5.10 Å². The van der Waals surface area contributed by atoms with Gasteiger partial charge in [0, 0.05) is 12.4 Å². The van der Waals surface area contributed by atoms with Crippen molar-refractivity contribution in [3.8, 4) is 0 Å². The minimum atomic E-state index is 0.951. The quantitative estimate of drug-likeness (QED) is 0.604. The van der Waals surface area contributed by atoms with Gasteiger partial charge in [0.2, 0.25) is 0 Å². The van der Waals surface area contributed by atoms with E-state index in [1.165, 1.54) is 0 Å². The summed E-state index contributed by atoms with van der Waals surface area (Å²) in [5.74, 6) is 0.964. The molecule has 0 aliphatic rings. The molecule has 0 aromatic carbocycles. The highest BCUT2D eigenvalue weighted by molar-refractivity contribution is 5.53. The van der Waals surface area contributed by atoms with E-state index in [-0.39, 0.29) is 0 Å². The summed E-state index contributed by atoms with van der Waals surface area (Å²) in [4.78, 5) is 3.02. The number of nitrogens with zero attached hydrogens (tertiary/aromatic N) is 1. The molecular weight excluding hydrogens is 140 g/mol. The van der Waals surface area contributed by atoms with E-state index >= 15 is 0 Å². The second-order valence-corrected chi connectivity index (χ2v) is 2.20. The summed E-state index contributed by atoms with van der Waals surface area (Å²) in [6, 6.07) is 3.88. The zero-order chi connectivity index (χ0) is 7.52. The normalized spacial score (nSPS) is 9.82. The van der Waals surface area contributed by atoms with Crippen molar-refractivity contribution in [2.45, 2.75) is 0 Å². The molecule has 4 heteroatoms. The Morgan fingerprint density at radius 3 is 3.09 bits per heavy atom. The Bertz CT molecular complexity index is 263. The Labute approximate surface area is 63.6 Å². The van der Waals surface area contributed by atoms with Crippen molar-refractivity contribution >= 4 is 11.5 Å². The Hall–Kier alpha value is -1.71. The molecule has 0 radical (unpaired) electrons. The number of hydrogen-bond donors (Lipinski definition) is 3.